The molecule has 2 aliphatic carbocycles. The van der Waals surface area contributed by atoms with Crippen molar-refractivity contribution in [1.82, 2.24) is 15.5 Å². The van der Waals surface area contributed by atoms with E-state index in [1.54, 1.807) is 18.0 Å². The van der Waals surface area contributed by atoms with E-state index in [1.807, 2.05) is 6.92 Å². The SMILES string of the molecule is CN1C(=O)[C@]2(C)C[C@H](C3CC3)OC[C@]2(c2cc(OCC3CC3(F)F)ccc2F)NC2NC21. The Hall–Kier alpha value is -1.84. The highest BCUT2D eigenvalue weighted by molar-refractivity contribution is 5.86. The Balaban J connectivity index is 1.39. The van der Waals surface area contributed by atoms with Crippen molar-refractivity contribution in [3.8, 4) is 5.75 Å². The predicted octanol–water partition coefficient (Wildman–Crippen LogP) is 2.58. The van der Waals surface area contributed by atoms with Gasteiger partial charge >= 0.3 is 0 Å². The molecule has 9 heteroatoms. The molecular weight excluding hydrogens is 423 g/mol. The van der Waals surface area contributed by atoms with Crippen molar-refractivity contribution >= 4 is 5.91 Å². The van der Waals surface area contributed by atoms with E-state index in [2.05, 4.69) is 10.6 Å². The summed E-state index contributed by atoms with van der Waals surface area (Å²) in [6.45, 7) is 1.93. The lowest BCUT2D eigenvalue weighted by atomic mass is 9.61. The number of carbonyl (C=O) groups is 1. The zero-order valence-corrected chi connectivity index (χ0v) is 18.2. The molecule has 1 amide bonds. The molecule has 2 saturated carbocycles. The molecule has 0 bridgehead atoms. The van der Waals surface area contributed by atoms with Crippen LogP contribution in [-0.4, -0.2) is 55.4 Å². The van der Waals surface area contributed by atoms with Crippen molar-refractivity contribution in [3.63, 3.8) is 0 Å². The molecule has 3 saturated heterocycles. The first-order valence-corrected chi connectivity index (χ1v) is 11.4. The molecule has 0 aromatic heterocycles. The molecule has 6 nitrogen and oxygen atoms in total. The monoisotopic (exact) mass is 451 g/mol. The van der Waals surface area contributed by atoms with E-state index in [-0.39, 0.29) is 49.5 Å². The van der Waals surface area contributed by atoms with Gasteiger partial charge in [0.1, 0.15) is 17.7 Å². The van der Waals surface area contributed by atoms with Gasteiger partial charge < -0.3 is 14.4 Å². The minimum absolute atomic E-state index is 0.0331. The molecule has 6 atom stereocenters. The van der Waals surface area contributed by atoms with Crippen LogP contribution in [0.25, 0.3) is 0 Å². The van der Waals surface area contributed by atoms with Crippen LogP contribution in [0.4, 0.5) is 13.2 Å². The largest absolute Gasteiger partial charge is 0.493 e. The first-order chi connectivity index (χ1) is 15.1. The van der Waals surface area contributed by atoms with Gasteiger partial charge in [0.15, 0.2) is 0 Å². The van der Waals surface area contributed by atoms with Crippen LogP contribution in [0.15, 0.2) is 18.2 Å². The number of benzene rings is 1. The molecule has 3 unspecified atom stereocenters. The summed E-state index contributed by atoms with van der Waals surface area (Å²) in [7, 11) is 1.77. The number of nitrogens with one attached hydrogen (secondary N) is 2. The van der Waals surface area contributed by atoms with E-state index in [0.29, 0.717) is 18.1 Å². The van der Waals surface area contributed by atoms with Crippen LogP contribution in [0, 0.1) is 23.1 Å². The molecule has 3 heterocycles. The van der Waals surface area contributed by atoms with Gasteiger partial charge in [-0.2, -0.15) is 0 Å². The first kappa shape index (κ1) is 20.7. The lowest BCUT2D eigenvalue weighted by Crippen LogP contribution is -2.66. The Morgan fingerprint density at radius 2 is 2.03 bits per heavy atom. The standard InChI is InChI=1S/C23H28F3N3O3/c1-21-9-17(12-3-4-12)32-11-22(21,28-18-19(27-18)29(2)20(21)30)15-7-14(5-6-16(15)24)31-10-13-8-23(13,25)26/h5-7,12-13,17-19,27-28H,3-4,8-11H2,1-2H3/t13?,17-,18?,19?,21+,22-/m1/s1. The van der Waals surface area contributed by atoms with Crippen molar-refractivity contribution in [2.45, 2.75) is 62.5 Å². The summed E-state index contributed by atoms with van der Waals surface area (Å²) < 4.78 is 53.8. The van der Waals surface area contributed by atoms with E-state index in [4.69, 9.17) is 9.47 Å². The smallest absolute Gasteiger partial charge is 0.255 e. The highest BCUT2D eigenvalue weighted by Crippen LogP contribution is 2.55. The van der Waals surface area contributed by atoms with Crippen LogP contribution in [0.1, 0.15) is 38.2 Å². The maximum atomic E-state index is 15.4. The van der Waals surface area contributed by atoms with E-state index in [0.717, 1.165) is 12.8 Å². The van der Waals surface area contributed by atoms with Crippen molar-refractivity contribution < 1.29 is 27.4 Å². The molecule has 1 aromatic carbocycles. The van der Waals surface area contributed by atoms with Crippen molar-refractivity contribution in [1.29, 1.82) is 0 Å². The second-order valence-corrected chi connectivity index (χ2v) is 10.4. The topological polar surface area (TPSA) is 72.7 Å². The third-order valence-corrected chi connectivity index (χ3v) is 8.19. The quantitative estimate of drug-likeness (QED) is 0.674. The molecule has 32 heavy (non-hydrogen) atoms. The van der Waals surface area contributed by atoms with Crippen LogP contribution in [0.2, 0.25) is 0 Å². The zero-order chi connectivity index (χ0) is 22.5. The van der Waals surface area contributed by atoms with Gasteiger partial charge in [0, 0.05) is 19.0 Å². The van der Waals surface area contributed by atoms with E-state index in [1.165, 1.54) is 12.1 Å². The van der Waals surface area contributed by atoms with Gasteiger partial charge in [-0.3, -0.25) is 15.4 Å². The minimum atomic E-state index is -2.68. The molecule has 0 spiro atoms. The summed E-state index contributed by atoms with van der Waals surface area (Å²) >= 11 is 0. The average Bonchev–Trinajstić information content (AvgIpc) is 3.63. The Morgan fingerprint density at radius 1 is 1.28 bits per heavy atom. The van der Waals surface area contributed by atoms with Crippen molar-refractivity contribution in [3.05, 3.63) is 29.6 Å². The molecule has 5 aliphatic rings. The number of rotatable bonds is 5. The van der Waals surface area contributed by atoms with E-state index >= 15 is 4.39 Å². The Labute approximate surface area is 184 Å². The molecule has 3 aliphatic heterocycles. The fraction of sp³-hybridized carbons (Fsp3) is 0.696. The maximum Gasteiger partial charge on any atom is 0.255 e. The number of alkyl halides is 2. The molecule has 2 N–H and O–H groups in total. The summed E-state index contributed by atoms with van der Waals surface area (Å²) in [5.74, 6) is -3.26. The lowest BCUT2D eigenvalue weighted by Gasteiger charge is -2.53. The first-order valence-electron chi connectivity index (χ1n) is 11.4. The van der Waals surface area contributed by atoms with Crippen molar-refractivity contribution in [2.24, 2.45) is 17.3 Å². The number of nitrogens with zero attached hydrogens (tertiary/aromatic N) is 1. The molecule has 5 fully saturated rings. The van der Waals surface area contributed by atoms with Gasteiger partial charge in [-0.1, -0.05) is 0 Å². The Kier molecular flexibility index (Phi) is 4.28. The molecule has 174 valence electrons. The normalized spacial score (nSPS) is 42.0. The second-order valence-electron chi connectivity index (χ2n) is 10.4. The van der Waals surface area contributed by atoms with Gasteiger partial charge in [0.25, 0.3) is 5.92 Å². The molecule has 6 rings (SSSR count). The number of halogens is 3. The summed E-state index contributed by atoms with van der Waals surface area (Å²) in [4.78, 5) is 15.5. The lowest BCUT2D eigenvalue weighted by molar-refractivity contribution is -0.167. The maximum absolute atomic E-state index is 15.4. The third kappa shape index (κ3) is 3.00. The Bertz CT molecular complexity index is 973. The number of ether oxygens (including phenoxy) is 2. The number of carbonyl (C=O) groups excluding carboxylic acids is 1. The number of fused-ring (bicyclic) bond motifs is 2. The summed E-state index contributed by atoms with van der Waals surface area (Å²) in [5, 5.41) is 6.74. The molecular formula is C23H28F3N3O3. The van der Waals surface area contributed by atoms with E-state index in [9.17, 15) is 13.6 Å². The summed E-state index contributed by atoms with van der Waals surface area (Å²) in [6.07, 6.45) is 2.11. The minimum Gasteiger partial charge on any atom is -0.493 e. The van der Waals surface area contributed by atoms with E-state index < -0.39 is 28.6 Å². The number of amides is 1. The highest BCUT2D eigenvalue weighted by atomic mass is 19.3. The third-order valence-electron chi connectivity index (χ3n) is 8.19. The van der Waals surface area contributed by atoms with Crippen LogP contribution >= 0.6 is 0 Å². The van der Waals surface area contributed by atoms with Gasteiger partial charge in [-0.25, -0.2) is 13.2 Å². The van der Waals surface area contributed by atoms with Gasteiger partial charge in [0.05, 0.1) is 42.4 Å². The second kappa shape index (κ2) is 6.61. The number of hydrogen-bond acceptors (Lipinski definition) is 5. The summed E-state index contributed by atoms with van der Waals surface area (Å²) in [5.41, 5.74) is -1.77. The number of hydrogen-bond donors (Lipinski definition) is 2. The zero-order valence-electron chi connectivity index (χ0n) is 18.2. The predicted molar refractivity (Wildman–Crippen MR) is 108 cm³/mol. The average molecular weight is 451 g/mol. The Morgan fingerprint density at radius 3 is 2.72 bits per heavy atom. The number of likely N-dealkylation sites (N-methyl/N-ethyl adjacent to an activating group) is 1. The van der Waals surface area contributed by atoms with Crippen LogP contribution in [0.3, 0.4) is 0 Å². The van der Waals surface area contributed by atoms with Gasteiger partial charge in [-0.15, -0.1) is 0 Å². The van der Waals surface area contributed by atoms with Crippen LogP contribution in [0.5, 0.6) is 5.75 Å². The fourth-order valence-electron chi connectivity index (χ4n) is 5.66. The molecule has 1 aromatic rings. The molecule has 0 radical (unpaired) electrons. The van der Waals surface area contributed by atoms with Gasteiger partial charge in [0.2, 0.25) is 5.91 Å². The van der Waals surface area contributed by atoms with Gasteiger partial charge in [-0.05, 0) is 50.3 Å². The fourth-order valence-corrected chi connectivity index (χ4v) is 5.66. The summed E-state index contributed by atoms with van der Waals surface area (Å²) in [6, 6.07) is 4.29. The highest BCUT2D eigenvalue weighted by Gasteiger charge is 2.66. The van der Waals surface area contributed by atoms with Crippen molar-refractivity contribution in [2.75, 3.05) is 20.3 Å². The van der Waals surface area contributed by atoms with Crippen LogP contribution < -0.4 is 15.4 Å². The van der Waals surface area contributed by atoms with Crippen LogP contribution in [-0.2, 0) is 15.1 Å².